The van der Waals surface area contributed by atoms with Gasteiger partial charge in [0.05, 0.1) is 6.07 Å². The van der Waals surface area contributed by atoms with Crippen molar-refractivity contribution in [2.45, 2.75) is 58.4 Å². The van der Waals surface area contributed by atoms with Crippen LogP contribution in [0.15, 0.2) is 0 Å². The Morgan fingerprint density at radius 1 is 1.53 bits per heavy atom. The van der Waals surface area contributed by atoms with Crippen LogP contribution in [0.25, 0.3) is 0 Å². The van der Waals surface area contributed by atoms with Crippen molar-refractivity contribution in [1.82, 2.24) is 10.2 Å². The van der Waals surface area contributed by atoms with Crippen LogP contribution in [0.2, 0.25) is 0 Å². The molecule has 0 aromatic rings. The zero-order chi connectivity index (χ0) is 14.1. The van der Waals surface area contributed by atoms with Gasteiger partial charge in [-0.1, -0.05) is 19.8 Å². The predicted octanol–water partition coefficient (Wildman–Crippen LogP) is 2.31. The number of rotatable bonds is 7. The second kappa shape index (κ2) is 8.92. The molecule has 0 aromatic carbocycles. The molecule has 1 heterocycles. The Bertz CT molecular complexity index is 311. The number of nitrogens with zero attached hydrogens (tertiary/aromatic N) is 2. The lowest BCUT2D eigenvalue weighted by molar-refractivity contribution is -0.123. The summed E-state index contributed by atoms with van der Waals surface area (Å²) < 4.78 is 0. The molecular weight excluding hydrogens is 238 g/mol. The third kappa shape index (κ3) is 5.61. The minimum absolute atomic E-state index is 0.101. The third-order valence-electron chi connectivity index (χ3n) is 3.91. The maximum Gasteiger partial charge on any atom is 0.237 e. The first-order chi connectivity index (χ1) is 9.19. The maximum absolute atomic E-state index is 11.7. The van der Waals surface area contributed by atoms with E-state index in [-0.39, 0.29) is 5.91 Å². The Morgan fingerprint density at radius 3 is 2.95 bits per heavy atom. The van der Waals surface area contributed by atoms with Crippen LogP contribution in [-0.4, -0.2) is 36.5 Å². The summed E-state index contributed by atoms with van der Waals surface area (Å²) in [7, 11) is 0. The van der Waals surface area contributed by atoms with E-state index in [1.807, 2.05) is 6.92 Å². The topological polar surface area (TPSA) is 56.1 Å². The summed E-state index contributed by atoms with van der Waals surface area (Å²) in [5.74, 6) is -0.574. The molecule has 1 N–H and O–H groups in total. The zero-order valence-electron chi connectivity index (χ0n) is 12.3. The normalized spacial score (nSPS) is 21.6. The second-order valence-corrected chi connectivity index (χ2v) is 5.50. The molecule has 2 unspecified atom stereocenters. The average molecular weight is 265 g/mol. The number of hydrogen-bond acceptors (Lipinski definition) is 3. The van der Waals surface area contributed by atoms with Gasteiger partial charge in [0.25, 0.3) is 0 Å². The number of hydrogen-bond donors (Lipinski definition) is 1. The van der Waals surface area contributed by atoms with Gasteiger partial charge >= 0.3 is 0 Å². The van der Waals surface area contributed by atoms with Gasteiger partial charge in [-0.3, -0.25) is 4.79 Å². The number of carbonyl (C=O) groups excluding carboxylic acids is 1. The standard InChI is InChI=1S/C15H27N3O/c1-3-7-14(12-16)15(19)17-9-6-11-18-10-5-4-8-13(18)2/h13-14H,3-11H2,1-2H3,(H,17,19). The first-order valence-corrected chi connectivity index (χ1v) is 7.60. The van der Waals surface area contributed by atoms with Crippen LogP contribution in [0.5, 0.6) is 0 Å². The summed E-state index contributed by atoms with van der Waals surface area (Å²) in [5.41, 5.74) is 0. The molecule has 19 heavy (non-hydrogen) atoms. The molecule has 0 aliphatic carbocycles. The van der Waals surface area contributed by atoms with E-state index in [2.05, 4.69) is 23.2 Å². The van der Waals surface area contributed by atoms with Gasteiger partial charge in [-0.05, 0) is 39.2 Å². The van der Waals surface area contributed by atoms with E-state index in [9.17, 15) is 4.79 Å². The Hall–Kier alpha value is -1.08. The van der Waals surface area contributed by atoms with Gasteiger partial charge in [0.2, 0.25) is 5.91 Å². The van der Waals surface area contributed by atoms with Crippen LogP contribution < -0.4 is 5.32 Å². The first kappa shape index (κ1) is 16.0. The fourth-order valence-corrected chi connectivity index (χ4v) is 2.65. The maximum atomic E-state index is 11.7. The molecular formula is C15H27N3O. The van der Waals surface area contributed by atoms with Crippen LogP contribution in [0, 0.1) is 17.2 Å². The summed E-state index contributed by atoms with van der Waals surface area (Å²) in [6.45, 7) is 7.20. The van der Waals surface area contributed by atoms with Crippen molar-refractivity contribution < 1.29 is 4.79 Å². The number of carbonyl (C=O) groups is 1. The molecule has 4 heteroatoms. The lowest BCUT2D eigenvalue weighted by Crippen LogP contribution is -2.39. The summed E-state index contributed by atoms with van der Waals surface area (Å²) in [5, 5.41) is 11.8. The summed E-state index contributed by atoms with van der Waals surface area (Å²) in [6, 6.07) is 2.75. The molecule has 1 amide bonds. The van der Waals surface area contributed by atoms with E-state index in [4.69, 9.17) is 5.26 Å². The third-order valence-corrected chi connectivity index (χ3v) is 3.91. The fraction of sp³-hybridized carbons (Fsp3) is 0.867. The Morgan fingerprint density at radius 2 is 2.32 bits per heavy atom. The first-order valence-electron chi connectivity index (χ1n) is 7.60. The van der Waals surface area contributed by atoms with Crippen LogP contribution in [0.4, 0.5) is 0 Å². The van der Waals surface area contributed by atoms with Gasteiger partial charge in [-0.25, -0.2) is 0 Å². The quantitative estimate of drug-likeness (QED) is 0.719. The molecule has 1 fully saturated rings. The average Bonchev–Trinajstić information content (AvgIpc) is 2.42. The van der Waals surface area contributed by atoms with Gasteiger partial charge in [-0.15, -0.1) is 0 Å². The van der Waals surface area contributed by atoms with E-state index in [0.717, 1.165) is 19.4 Å². The smallest absolute Gasteiger partial charge is 0.237 e. The molecule has 1 aliphatic heterocycles. The van der Waals surface area contributed by atoms with Gasteiger partial charge in [0.1, 0.15) is 5.92 Å². The lowest BCUT2D eigenvalue weighted by atomic mass is 10.0. The highest BCUT2D eigenvalue weighted by molar-refractivity contribution is 5.80. The Kier molecular flexibility index (Phi) is 7.50. The second-order valence-electron chi connectivity index (χ2n) is 5.50. The zero-order valence-corrected chi connectivity index (χ0v) is 12.3. The highest BCUT2D eigenvalue weighted by Crippen LogP contribution is 2.16. The molecule has 0 aromatic heterocycles. The minimum Gasteiger partial charge on any atom is -0.355 e. The van der Waals surface area contributed by atoms with Crippen molar-refractivity contribution in [3.8, 4) is 6.07 Å². The van der Waals surface area contributed by atoms with Crippen molar-refractivity contribution in [3.63, 3.8) is 0 Å². The molecule has 4 nitrogen and oxygen atoms in total. The van der Waals surface area contributed by atoms with E-state index in [0.29, 0.717) is 19.0 Å². The van der Waals surface area contributed by atoms with Crippen molar-refractivity contribution in [2.75, 3.05) is 19.6 Å². The van der Waals surface area contributed by atoms with E-state index in [1.165, 1.54) is 25.8 Å². The number of amides is 1. The molecule has 1 rings (SSSR count). The lowest BCUT2D eigenvalue weighted by Gasteiger charge is -2.33. The fourth-order valence-electron chi connectivity index (χ4n) is 2.65. The van der Waals surface area contributed by atoms with Gasteiger partial charge in [0.15, 0.2) is 0 Å². The molecule has 0 radical (unpaired) electrons. The SMILES string of the molecule is CCCC(C#N)C(=O)NCCCN1CCCCC1C. The van der Waals surface area contributed by atoms with Crippen LogP contribution in [0.1, 0.15) is 52.4 Å². The minimum atomic E-state index is -0.473. The van der Waals surface area contributed by atoms with Crippen molar-refractivity contribution in [2.24, 2.45) is 5.92 Å². The molecule has 0 spiro atoms. The van der Waals surface area contributed by atoms with Crippen molar-refractivity contribution in [3.05, 3.63) is 0 Å². The van der Waals surface area contributed by atoms with Crippen molar-refractivity contribution in [1.29, 1.82) is 5.26 Å². The molecule has 1 aliphatic rings. The van der Waals surface area contributed by atoms with E-state index >= 15 is 0 Å². The highest BCUT2D eigenvalue weighted by Gasteiger charge is 2.18. The van der Waals surface area contributed by atoms with Gasteiger partial charge in [0, 0.05) is 19.1 Å². The van der Waals surface area contributed by atoms with E-state index < -0.39 is 5.92 Å². The largest absolute Gasteiger partial charge is 0.355 e. The number of piperidine rings is 1. The molecule has 108 valence electrons. The Labute approximate surface area is 117 Å². The summed E-state index contributed by atoms with van der Waals surface area (Å²) >= 11 is 0. The van der Waals surface area contributed by atoms with E-state index in [1.54, 1.807) is 0 Å². The van der Waals surface area contributed by atoms with Gasteiger partial charge < -0.3 is 10.2 Å². The van der Waals surface area contributed by atoms with Gasteiger partial charge in [-0.2, -0.15) is 5.26 Å². The molecule has 0 bridgehead atoms. The number of nitrogens with one attached hydrogen (secondary N) is 1. The van der Waals surface area contributed by atoms with Crippen molar-refractivity contribution >= 4 is 5.91 Å². The Balaban J connectivity index is 2.16. The number of nitriles is 1. The molecule has 0 saturated carbocycles. The van der Waals surface area contributed by atoms with Crippen LogP contribution in [0.3, 0.4) is 0 Å². The highest BCUT2D eigenvalue weighted by atomic mass is 16.1. The molecule has 1 saturated heterocycles. The van der Waals surface area contributed by atoms with Crippen LogP contribution in [-0.2, 0) is 4.79 Å². The summed E-state index contributed by atoms with van der Waals surface area (Å²) in [4.78, 5) is 14.2. The molecule has 2 atom stereocenters. The summed E-state index contributed by atoms with van der Waals surface area (Å²) in [6.07, 6.45) is 6.43. The monoisotopic (exact) mass is 265 g/mol. The number of likely N-dealkylation sites (tertiary alicyclic amines) is 1. The predicted molar refractivity (Wildman–Crippen MR) is 76.5 cm³/mol. The van der Waals surface area contributed by atoms with Crippen LogP contribution >= 0.6 is 0 Å².